The van der Waals surface area contributed by atoms with E-state index in [1.807, 2.05) is 47.0 Å². The molecule has 0 N–H and O–H groups in total. The maximum Gasteiger partial charge on any atom is 0.309 e. The van der Waals surface area contributed by atoms with E-state index in [0.717, 1.165) is 27.2 Å². The van der Waals surface area contributed by atoms with E-state index in [-0.39, 0.29) is 17.8 Å². The van der Waals surface area contributed by atoms with E-state index in [1.54, 1.807) is 17.2 Å². The Balaban J connectivity index is 1.26. The number of nitrogens with zero attached hydrogens (tertiary/aromatic N) is 5. The van der Waals surface area contributed by atoms with Gasteiger partial charge in [0.25, 0.3) is 5.91 Å². The van der Waals surface area contributed by atoms with Gasteiger partial charge in [-0.3, -0.25) is 14.2 Å². The first kappa shape index (κ1) is 27.4. The van der Waals surface area contributed by atoms with Gasteiger partial charge >= 0.3 is 5.97 Å². The minimum Gasteiger partial charge on any atom is -0.466 e. The third-order valence-electron chi connectivity index (χ3n) is 6.47. The normalized spacial score (nSPS) is 13.9. The van der Waals surface area contributed by atoms with Crippen LogP contribution in [0.4, 0.5) is 0 Å². The van der Waals surface area contributed by atoms with Gasteiger partial charge in [0, 0.05) is 29.9 Å². The van der Waals surface area contributed by atoms with E-state index in [2.05, 4.69) is 27.3 Å². The van der Waals surface area contributed by atoms with Crippen molar-refractivity contribution < 1.29 is 14.3 Å². The summed E-state index contributed by atoms with van der Waals surface area (Å²) in [4.78, 5) is 31.4. The molecule has 5 rings (SSSR count). The zero-order chi connectivity index (χ0) is 27.2. The molecule has 202 valence electrons. The molecule has 0 bridgehead atoms. The molecule has 0 unspecified atom stereocenters. The van der Waals surface area contributed by atoms with Gasteiger partial charge in [0.2, 0.25) is 0 Å². The number of thioether (sulfide) groups is 1. The lowest BCUT2D eigenvalue weighted by Crippen LogP contribution is -2.40. The molecule has 0 radical (unpaired) electrons. The molecule has 0 saturated carbocycles. The Labute approximate surface area is 240 Å². The molecule has 1 saturated heterocycles. The van der Waals surface area contributed by atoms with Crippen LogP contribution in [-0.4, -0.2) is 56.2 Å². The predicted molar refractivity (Wildman–Crippen MR) is 153 cm³/mol. The Morgan fingerprint density at radius 2 is 1.90 bits per heavy atom. The van der Waals surface area contributed by atoms with Gasteiger partial charge < -0.3 is 9.64 Å². The molecule has 39 heavy (non-hydrogen) atoms. The lowest BCUT2D eigenvalue weighted by molar-refractivity contribution is -0.149. The summed E-state index contributed by atoms with van der Waals surface area (Å²) in [5.74, 6) is 0.951. The Morgan fingerprint density at radius 3 is 2.64 bits per heavy atom. The Morgan fingerprint density at radius 1 is 1.10 bits per heavy atom. The molecule has 1 amide bonds. The van der Waals surface area contributed by atoms with Gasteiger partial charge in [-0.2, -0.15) is 0 Å². The van der Waals surface area contributed by atoms with Crippen molar-refractivity contribution in [3.05, 3.63) is 87.1 Å². The minimum atomic E-state index is -0.171. The maximum atomic E-state index is 13.0. The second kappa shape index (κ2) is 12.8. The van der Waals surface area contributed by atoms with Crippen LogP contribution in [0.2, 0.25) is 5.02 Å². The number of esters is 1. The summed E-state index contributed by atoms with van der Waals surface area (Å²) in [5.41, 5.74) is 2.47. The monoisotopic (exact) mass is 581 g/mol. The summed E-state index contributed by atoms with van der Waals surface area (Å²) in [7, 11) is 0. The van der Waals surface area contributed by atoms with E-state index in [1.165, 1.54) is 23.1 Å². The van der Waals surface area contributed by atoms with E-state index in [0.29, 0.717) is 55.4 Å². The number of likely N-dealkylation sites (tertiary alicyclic amines) is 1. The summed E-state index contributed by atoms with van der Waals surface area (Å²) < 4.78 is 7.15. The number of ether oxygens (including phenoxy) is 1. The summed E-state index contributed by atoms with van der Waals surface area (Å²) >= 11 is 9.28. The lowest BCUT2D eigenvalue weighted by atomic mass is 9.97. The van der Waals surface area contributed by atoms with Gasteiger partial charge in [-0.1, -0.05) is 59.8 Å². The van der Waals surface area contributed by atoms with Crippen molar-refractivity contribution in [2.45, 2.75) is 37.1 Å². The molecule has 0 spiro atoms. The molecule has 1 aliphatic heterocycles. The van der Waals surface area contributed by atoms with Gasteiger partial charge in [0.05, 0.1) is 24.0 Å². The van der Waals surface area contributed by atoms with Crippen LogP contribution in [0.15, 0.2) is 65.1 Å². The van der Waals surface area contributed by atoms with E-state index in [9.17, 15) is 9.59 Å². The lowest BCUT2D eigenvalue weighted by Gasteiger charge is -2.30. The van der Waals surface area contributed by atoms with Crippen molar-refractivity contribution in [1.29, 1.82) is 0 Å². The van der Waals surface area contributed by atoms with Crippen LogP contribution in [0.25, 0.3) is 5.69 Å². The zero-order valence-corrected chi connectivity index (χ0v) is 23.8. The fraction of sp³-hybridized carbons (Fsp3) is 0.321. The maximum absolute atomic E-state index is 13.0. The van der Waals surface area contributed by atoms with E-state index in [4.69, 9.17) is 16.3 Å². The third-order valence-corrected chi connectivity index (χ3v) is 8.68. The smallest absolute Gasteiger partial charge is 0.309 e. The van der Waals surface area contributed by atoms with Crippen molar-refractivity contribution in [3.63, 3.8) is 0 Å². The van der Waals surface area contributed by atoms with Crippen LogP contribution >= 0.6 is 34.7 Å². The van der Waals surface area contributed by atoms with Crippen LogP contribution in [-0.2, 0) is 21.7 Å². The number of thiazole rings is 1. The molecule has 0 atom stereocenters. The number of hydrogen-bond acceptors (Lipinski definition) is 8. The first-order chi connectivity index (χ1) is 19.0. The van der Waals surface area contributed by atoms with Gasteiger partial charge in [-0.05, 0) is 43.5 Å². The summed E-state index contributed by atoms with van der Waals surface area (Å²) in [6.07, 6.45) is 1.85. The standard InChI is InChI=1S/C28H28ClN5O3S2/c1-2-37-27(36)20-11-13-33(14-12-20)26(35)23-17-38-25(30-23)18-39-28-32-31-24(15-19-7-4-3-5-8-19)34(28)22-10-6-9-21(29)16-22/h3-10,16-17,20H,2,11-15,18H2,1H3. The molecule has 1 aliphatic rings. The highest BCUT2D eigenvalue weighted by Gasteiger charge is 2.29. The van der Waals surface area contributed by atoms with Gasteiger partial charge in [-0.25, -0.2) is 4.98 Å². The predicted octanol–water partition coefficient (Wildman–Crippen LogP) is 5.68. The first-order valence-corrected chi connectivity index (χ1v) is 15.0. The largest absolute Gasteiger partial charge is 0.466 e. The molecule has 2 aromatic carbocycles. The number of carbonyl (C=O) groups excluding carboxylic acids is 2. The average molecular weight is 582 g/mol. The van der Waals surface area contributed by atoms with Crippen LogP contribution < -0.4 is 0 Å². The van der Waals surface area contributed by atoms with Crippen LogP contribution in [0, 0.1) is 5.92 Å². The molecule has 0 aliphatic carbocycles. The number of hydrogen-bond donors (Lipinski definition) is 0. The minimum absolute atomic E-state index is 0.1000. The molecule has 4 aromatic rings. The number of piperidine rings is 1. The molecule has 1 fully saturated rings. The number of amides is 1. The quantitative estimate of drug-likeness (QED) is 0.186. The van der Waals surface area contributed by atoms with Crippen molar-refractivity contribution >= 4 is 46.6 Å². The highest BCUT2D eigenvalue weighted by molar-refractivity contribution is 7.98. The molecular weight excluding hydrogens is 554 g/mol. The molecular formula is C28H28ClN5O3S2. The van der Waals surface area contributed by atoms with Crippen molar-refractivity contribution in [1.82, 2.24) is 24.6 Å². The van der Waals surface area contributed by atoms with Crippen molar-refractivity contribution in [3.8, 4) is 5.69 Å². The second-order valence-corrected chi connectivity index (χ2v) is 11.4. The molecule has 11 heteroatoms. The highest BCUT2D eigenvalue weighted by atomic mass is 35.5. The van der Waals surface area contributed by atoms with Crippen molar-refractivity contribution in [2.75, 3.05) is 19.7 Å². The van der Waals surface area contributed by atoms with E-state index < -0.39 is 0 Å². The topological polar surface area (TPSA) is 90.2 Å². The Bertz CT molecular complexity index is 1430. The van der Waals surface area contributed by atoms with Gasteiger partial charge in [-0.15, -0.1) is 21.5 Å². The Kier molecular flexibility index (Phi) is 8.95. The fourth-order valence-corrected chi connectivity index (χ4v) is 6.44. The molecule has 8 nitrogen and oxygen atoms in total. The third kappa shape index (κ3) is 6.69. The highest BCUT2D eigenvalue weighted by Crippen LogP contribution is 2.29. The van der Waals surface area contributed by atoms with Gasteiger partial charge in [0.1, 0.15) is 16.5 Å². The fourth-order valence-electron chi connectivity index (χ4n) is 4.50. The molecule has 3 heterocycles. The van der Waals surface area contributed by atoms with E-state index >= 15 is 0 Å². The summed E-state index contributed by atoms with van der Waals surface area (Å²) in [6, 6.07) is 17.8. The molecule has 2 aromatic heterocycles. The SMILES string of the molecule is CCOC(=O)C1CCN(C(=O)c2csc(CSc3nnc(Cc4ccccc4)n3-c3cccc(Cl)c3)n2)CC1. The number of benzene rings is 2. The average Bonchev–Trinajstić information content (AvgIpc) is 3.59. The number of carbonyl (C=O) groups is 2. The summed E-state index contributed by atoms with van der Waals surface area (Å²) in [6.45, 7) is 3.23. The number of halogens is 1. The summed E-state index contributed by atoms with van der Waals surface area (Å²) in [5, 5.41) is 13.0. The first-order valence-electron chi connectivity index (χ1n) is 12.8. The van der Waals surface area contributed by atoms with Crippen molar-refractivity contribution in [2.24, 2.45) is 5.92 Å². The van der Waals surface area contributed by atoms with Crippen LogP contribution in [0.1, 0.15) is 46.6 Å². The zero-order valence-electron chi connectivity index (χ0n) is 21.5. The van der Waals surface area contributed by atoms with Gasteiger partial charge in [0.15, 0.2) is 5.16 Å². The Hall–Kier alpha value is -3.21. The number of aromatic nitrogens is 4. The van der Waals surface area contributed by atoms with Crippen LogP contribution in [0.5, 0.6) is 0 Å². The van der Waals surface area contributed by atoms with Crippen LogP contribution in [0.3, 0.4) is 0 Å². The second-order valence-electron chi connectivity index (χ2n) is 9.11. The number of rotatable bonds is 9.